The van der Waals surface area contributed by atoms with Crippen LogP contribution in [0.4, 0.5) is 0 Å². The van der Waals surface area contributed by atoms with Crippen LogP contribution in [0.1, 0.15) is 60.8 Å². The van der Waals surface area contributed by atoms with Crippen molar-refractivity contribution < 1.29 is 9.59 Å². The SMILES string of the molecule is CC(=O)c1c(C)nn(CCC(=O)N2CCCC[C@@H]2CCn2ccnc2)c1C. The highest BCUT2D eigenvalue weighted by Gasteiger charge is 2.26. The van der Waals surface area contributed by atoms with E-state index in [1.54, 1.807) is 17.8 Å². The molecule has 0 aliphatic carbocycles. The van der Waals surface area contributed by atoms with Crippen molar-refractivity contribution in [2.75, 3.05) is 6.54 Å². The summed E-state index contributed by atoms with van der Waals surface area (Å²) in [6.45, 7) is 7.54. The predicted molar refractivity (Wildman–Crippen MR) is 103 cm³/mol. The minimum atomic E-state index is 0.0261. The monoisotopic (exact) mass is 371 g/mol. The minimum Gasteiger partial charge on any atom is -0.340 e. The van der Waals surface area contributed by atoms with E-state index in [-0.39, 0.29) is 11.7 Å². The summed E-state index contributed by atoms with van der Waals surface area (Å²) >= 11 is 0. The topological polar surface area (TPSA) is 73.0 Å². The van der Waals surface area contributed by atoms with E-state index in [2.05, 4.69) is 19.5 Å². The molecule has 3 heterocycles. The highest BCUT2D eigenvalue weighted by atomic mass is 16.2. The molecule has 1 atom stereocenters. The molecule has 0 spiro atoms. The Morgan fingerprint density at radius 1 is 1.22 bits per heavy atom. The fraction of sp³-hybridized carbons (Fsp3) is 0.600. The Labute approximate surface area is 160 Å². The van der Waals surface area contributed by atoms with Gasteiger partial charge in [0.1, 0.15) is 0 Å². The van der Waals surface area contributed by atoms with E-state index in [0.29, 0.717) is 24.6 Å². The van der Waals surface area contributed by atoms with Gasteiger partial charge in [0.2, 0.25) is 5.91 Å². The molecule has 1 amide bonds. The molecule has 146 valence electrons. The fourth-order valence-corrected chi connectivity index (χ4v) is 4.12. The summed E-state index contributed by atoms with van der Waals surface area (Å²) in [5.41, 5.74) is 2.27. The Bertz CT molecular complexity index is 794. The first kappa shape index (κ1) is 19.3. The number of nitrogens with zero attached hydrogens (tertiary/aromatic N) is 5. The molecule has 0 N–H and O–H groups in total. The number of aryl methyl sites for hydroxylation is 3. The molecule has 7 nitrogen and oxygen atoms in total. The van der Waals surface area contributed by atoms with Crippen LogP contribution in [-0.2, 0) is 17.9 Å². The second kappa shape index (κ2) is 8.50. The summed E-state index contributed by atoms with van der Waals surface area (Å²) < 4.78 is 3.87. The summed E-state index contributed by atoms with van der Waals surface area (Å²) in [6, 6.07) is 0.293. The molecule has 0 aromatic carbocycles. The number of imidazole rings is 1. The largest absolute Gasteiger partial charge is 0.340 e. The molecule has 0 unspecified atom stereocenters. The van der Waals surface area contributed by atoms with Gasteiger partial charge in [-0.15, -0.1) is 0 Å². The maximum Gasteiger partial charge on any atom is 0.224 e. The molecule has 27 heavy (non-hydrogen) atoms. The Morgan fingerprint density at radius 2 is 2.04 bits per heavy atom. The maximum atomic E-state index is 12.9. The third-order valence-corrected chi connectivity index (χ3v) is 5.50. The van der Waals surface area contributed by atoms with Gasteiger partial charge in [-0.1, -0.05) is 0 Å². The molecule has 2 aromatic rings. The Kier molecular flexibility index (Phi) is 6.08. The second-order valence-corrected chi connectivity index (χ2v) is 7.40. The molecule has 1 aliphatic heterocycles. The van der Waals surface area contributed by atoms with Crippen molar-refractivity contribution in [1.29, 1.82) is 0 Å². The average molecular weight is 371 g/mol. The number of hydrogen-bond acceptors (Lipinski definition) is 4. The first-order valence-corrected chi connectivity index (χ1v) is 9.77. The van der Waals surface area contributed by atoms with Gasteiger partial charge in [-0.25, -0.2) is 4.98 Å². The molecule has 7 heteroatoms. The molecular formula is C20H29N5O2. The van der Waals surface area contributed by atoms with Crippen LogP contribution in [0.5, 0.6) is 0 Å². The van der Waals surface area contributed by atoms with Crippen LogP contribution >= 0.6 is 0 Å². The smallest absolute Gasteiger partial charge is 0.224 e. The third kappa shape index (κ3) is 4.46. The van der Waals surface area contributed by atoms with Crippen molar-refractivity contribution in [2.45, 2.75) is 72.0 Å². The molecule has 1 saturated heterocycles. The van der Waals surface area contributed by atoms with Gasteiger partial charge in [-0.2, -0.15) is 5.10 Å². The summed E-state index contributed by atoms with van der Waals surface area (Å²) in [4.78, 5) is 30.8. The number of ketones is 1. The molecular weight excluding hydrogens is 342 g/mol. The minimum absolute atomic E-state index is 0.0261. The van der Waals surface area contributed by atoms with Gasteiger partial charge in [0.15, 0.2) is 5.78 Å². The lowest BCUT2D eigenvalue weighted by molar-refractivity contribution is -0.135. The maximum absolute atomic E-state index is 12.9. The van der Waals surface area contributed by atoms with E-state index < -0.39 is 0 Å². The van der Waals surface area contributed by atoms with E-state index in [1.165, 1.54) is 6.42 Å². The van der Waals surface area contributed by atoms with Crippen molar-refractivity contribution in [3.05, 3.63) is 35.7 Å². The van der Waals surface area contributed by atoms with Crippen LogP contribution in [0.3, 0.4) is 0 Å². The first-order valence-electron chi connectivity index (χ1n) is 9.77. The quantitative estimate of drug-likeness (QED) is 0.702. The Morgan fingerprint density at radius 3 is 2.70 bits per heavy atom. The van der Waals surface area contributed by atoms with Gasteiger partial charge in [-0.3, -0.25) is 14.3 Å². The summed E-state index contributed by atoms with van der Waals surface area (Å²) in [5.74, 6) is 0.209. The van der Waals surface area contributed by atoms with Crippen LogP contribution < -0.4 is 0 Å². The Balaban J connectivity index is 1.60. The van der Waals surface area contributed by atoms with E-state index in [0.717, 1.165) is 43.7 Å². The predicted octanol–water partition coefficient (Wildman–Crippen LogP) is 2.76. The van der Waals surface area contributed by atoms with E-state index >= 15 is 0 Å². The lowest BCUT2D eigenvalue weighted by Crippen LogP contribution is -2.44. The number of rotatable bonds is 7. The number of hydrogen-bond donors (Lipinski definition) is 0. The summed E-state index contributed by atoms with van der Waals surface area (Å²) in [7, 11) is 0. The van der Waals surface area contributed by atoms with Crippen molar-refractivity contribution >= 4 is 11.7 Å². The number of likely N-dealkylation sites (tertiary alicyclic amines) is 1. The Hall–Kier alpha value is -2.44. The van der Waals surface area contributed by atoms with Gasteiger partial charge < -0.3 is 9.47 Å². The zero-order valence-corrected chi connectivity index (χ0v) is 16.5. The molecule has 0 radical (unpaired) electrons. The van der Waals surface area contributed by atoms with Crippen molar-refractivity contribution in [1.82, 2.24) is 24.2 Å². The average Bonchev–Trinajstić information content (AvgIpc) is 3.25. The van der Waals surface area contributed by atoms with Crippen LogP contribution in [0.2, 0.25) is 0 Å². The standard InChI is InChI=1S/C20H29N5O2/c1-15-20(17(3)26)16(2)25(22-15)12-8-19(27)24-10-5-4-6-18(24)7-11-23-13-9-21-14-23/h9,13-14,18H,4-8,10-12H2,1-3H3/t18-/m1/s1. The van der Waals surface area contributed by atoms with Gasteiger partial charge in [0.05, 0.1) is 17.6 Å². The number of Topliss-reactive ketones (excluding diaryl/α,β-unsaturated/α-hetero) is 1. The van der Waals surface area contributed by atoms with Crippen molar-refractivity contribution in [3.8, 4) is 0 Å². The molecule has 0 bridgehead atoms. The third-order valence-electron chi connectivity index (χ3n) is 5.50. The van der Waals surface area contributed by atoms with Gasteiger partial charge >= 0.3 is 0 Å². The van der Waals surface area contributed by atoms with Crippen LogP contribution in [0.15, 0.2) is 18.7 Å². The van der Waals surface area contributed by atoms with Crippen LogP contribution in [0, 0.1) is 13.8 Å². The molecule has 1 fully saturated rings. The van der Waals surface area contributed by atoms with E-state index in [4.69, 9.17) is 0 Å². The number of piperidine rings is 1. The van der Waals surface area contributed by atoms with Crippen LogP contribution in [0.25, 0.3) is 0 Å². The van der Waals surface area contributed by atoms with Gasteiger partial charge in [-0.05, 0) is 46.5 Å². The number of amides is 1. The fourth-order valence-electron chi connectivity index (χ4n) is 4.12. The lowest BCUT2D eigenvalue weighted by Gasteiger charge is -2.36. The number of aromatic nitrogens is 4. The van der Waals surface area contributed by atoms with Gasteiger partial charge in [0.25, 0.3) is 0 Å². The van der Waals surface area contributed by atoms with E-state index in [1.807, 2.05) is 26.4 Å². The normalized spacial score (nSPS) is 17.3. The van der Waals surface area contributed by atoms with Crippen molar-refractivity contribution in [2.24, 2.45) is 0 Å². The molecule has 0 saturated carbocycles. The number of carbonyl (C=O) groups excluding carboxylic acids is 2. The van der Waals surface area contributed by atoms with Crippen molar-refractivity contribution in [3.63, 3.8) is 0 Å². The highest BCUT2D eigenvalue weighted by molar-refractivity contribution is 5.96. The second-order valence-electron chi connectivity index (χ2n) is 7.40. The van der Waals surface area contributed by atoms with E-state index in [9.17, 15) is 9.59 Å². The molecule has 3 rings (SSSR count). The summed E-state index contributed by atoms with van der Waals surface area (Å²) in [6.07, 6.45) is 10.3. The lowest BCUT2D eigenvalue weighted by atomic mass is 9.98. The highest BCUT2D eigenvalue weighted by Crippen LogP contribution is 2.22. The van der Waals surface area contributed by atoms with Crippen LogP contribution in [-0.4, -0.2) is 48.5 Å². The first-order chi connectivity index (χ1) is 13.0. The number of carbonyl (C=O) groups is 2. The zero-order valence-electron chi connectivity index (χ0n) is 16.5. The molecule has 2 aromatic heterocycles. The summed E-state index contributed by atoms with van der Waals surface area (Å²) in [5, 5.41) is 4.45. The van der Waals surface area contributed by atoms with Gasteiger partial charge in [0, 0.05) is 50.2 Å². The molecule has 1 aliphatic rings. The zero-order chi connectivity index (χ0) is 19.4.